The maximum atomic E-state index is 11.1. The molecule has 1 amide bonds. The van der Waals surface area contributed by atoms with Gasteiger partial charge in [0, 0.05) is 18.7 Å². The second kappa shape index (κ2) is 8.16. The Balaban J connectivity index is 2.71. The van der Waals surface area contributed by atoms with Crippen LogP contribution in [0.15, 0.2) is 24.3 Å². The molecule has 6 nitrogen and oxygen atoms in total. The first kappa shape index (κ1) is 16.0. The van der Waals surface area contributed by atoms with Crippen molar-refractivity contribution in [3.8, 4) is 0 Å². The van der Waals surface area contributed by atoms with E-state index >= 15 is 0 Å². The molecule has 0 spiro atoms. The molecular weight excluding hydrogens is 262 g/mol. The number of hydrogen-bond donors (Lipinski definition) is 2. The molecule has 0 bridgehead atoms. The van der Waals surface area contributed by atoms with Gasteiger partial charge in [-0.1, -0.05) is 12.1 Å². The van der Waals surface area contributed by atoms with E-state index in [2.05, 4.69) is 10.1 Å². The number of carboxylic acids is 1. The molecule has 0 aliphatic heterocycles. The highest BCUT2D eigenvalue weighted by Crippen LogP contribution is 2.24. The third kappa shape index (κ3) is 5.27. The van der Waals surface area contributed by atoms with Gasteiger partial charge in [0.15, 0.2) is 0 Å². The molecule has 1 aromatic rings. The molecule has 0 heterocycles. The highest BCUT2D eigenvalue weighted by Gasteiger charge is 2.13. The van der Waals surface area contributed by atoms with Gasteiger partial charge in [-0.15, -0.1) is 0 Å². The summed E-state index contributed by atoms with van der Waals surface area (Å²) in [6.07, 6.45) is -0.340. The topological polar surface area (TPSA) is 84.9 Å². The Morgan fingerprint density at radius 1 is 1.30 bits per heavy atom. The van der Waals surface area contributed by atoms with Gasteiger partial charge in [-0.05, 0) is 31.0 Å². The molecule has 0 saturated heterocycles. The number of rotatable bonds is 7. The van der Waals surface area contributed by atoms with Crippen LogP contribution >= 0.6 is 0 Å². The molecule has 0 saturated carbocycles. The standard InChI is InChI=1S/C14H19NO5/c1-3-20-12(8-9-13(16)17)10-4-6-11(7-5-10)15-14(18)19-2/h4-7,12H,3,8-9H2,1-2H3,(H,15,18)(H,16,17). The SMILES string of the molecule is CCOC(CCC(=O)O)c1ccc(NC(=O)OC)cc1. The number of carbonyl (C=O) groups is 2. The van der Waals surface area contributed by atoms with Crippen LogP contribution in [0.3, 0.4) is 0 Å². The van der Waals surface area contributed by atoms with Crippen molar-refractivity contribution in [1.29, 1.82) is 0 Å². The third-order valence-electron chi connectivity index (χ3n) is 2.70. The average molecular weight is 281 g/mol. The van der Waals surface area contributed by atoms with Crippen LogP contribution in [0.25, 0.3) is 0 Å². The van der Waals surface area contributed by atoms with Crippen LogP contribution < -0.4 is 5.32 Å². The van der Waals surface area contributed by atoms with Gasteiger partial charge >= 0.3 is 12.1 Å². The number of nitrogens with one attached hydrogen (secondary N) is 1. The molecule has 1 rings (SSSR count). The second-order valence-corrected chi connectivity index (χ2v) is 4.11. The van der Waals surface area contributed by atoms with Crippen molar-refractivity contribution in [2.24, 2.45) is 0 Å². The lowest BCUT2D eigenvalue weighted by Gasteiger charge is -2.17. The monoisotopic (exact) mass is 281 g/mol. The van der Waals surface area contributed by atoms with Crippen LogP contribution in [0.4, 0.5) is 10.5 Å². The van der Waals surface area contributed by atoms with Crippen LogP contribution in [-0.2, 0) is 14.3 Å². The van der Waals surface area contributed by atoms with Crippen LogP contribution in [0.5, 0.6) is 0 Å². The molecular formula is C14H19NO5. The largest absolute Gasteiger partial charge is 0.481 e. The van der Waals surface area contributed by atoms with E-state index < -0.39 is 12.1 Å². The molecule has 0 aliphatic rings. The zero-order valence-corrected chi connectivity index (χ0v) is 11.6. The minimum absolute atomic E-state index is 0.0484. The van der Waals surface area contributed by atoms with Crippen molar-refractivity contribution in [1.82, 2.24) is 0 Å². The Kier molecular flexibility index (Phi) is 6.52. The quantitative estimate of drug-likeness (QED) is 0.802. The van der Waals surface area contributed by atoms with Crippen molar-refractivity contribution in [3.63, 3.8) is 0 Å². The lowest BCUT2D eigenvalue weighted by atomic mass is 10.0. The molecule has 0 aromatic heterocycles. The van der Waals surface area contributed by atoms with Crippen LogP contribution in [0.1, 0.15) is 31.4 Å². The van der Waals surface area contributed by atoms with Crippen molar-refractivity contribution >= 4 is 17.7 Å². The summed E-state index contributed by atoms with van der Waals surface area (Å²) in [5.74, 6) is -0.848. The maximum absolute atomic E-state index is 11.1. The first-order valence-corrected chi connectivity index (χ1v) is 6.35. The number of aliphatic carboxylic acids is 1. The van der Waals surface area contributed by atoms with E-state index in [0.29, 0.717) is 18.7 Å². The van der Waals surface area contributed by atoms with E-state index in [1.54, 1.807) is 24.3 Å². The predicted molar refractivity (Wildman–Crippen MR) is 73.7 cm³/mol. The van der Waals surface area contributed by atoms with Crippen molar-refractivity contribution in [3.05, 3.63) is 29.8 Å². The van der Waals surface area contributed by atoms with E-state index in [9.17, 15) is 9.59 Å². The number of hydrogen-bond acceptors (Lipinski definition) is 4. The summed E-state index contributed by atoms with van der Waals surface area (Å²) >= 11 is 0. The fraction of sp³-hybridized carbons (Fsp3) is 0.429. The minimum atomic E-state index is -0.848. The van der Waals surface area contributed by atoms with E-state index in [0.717, 1.165) is 5.56 Å². The van der Waals surface area contributed by atoms with Gasteiger partial charge in [0.2, 0.25) is 0 Å². The van der Waals surface area contributed by atoms with Crippen molar-refractivity contribution < 1.29 is 24.2 Å². The number of amides is 1. The van der Waals surface area contributed by atoms with Crippen molar-refractivity contribution in [2.75, 3.05) is 19.0 Å². The summed E-state index contributed by atoms with van der Waals surface area (Å²) < 4.78 is 10.0. The van der Waals surface area contributed by atoms with E-state index in [1.165, 1.54) is 7.11 Å². The lowest BCUT2D eigenvalue weighted by molar-refractivity contribution is -0.137. The Hall–Kier alpha value is -2.08. The molecule has 0 aliphatic carbocycles. The summed E-state index contributed by atoms with van der Waals surface area (Å²) in [5.41, 5.74) is 1.48. The normalized spacial score (nSPS) is 11.7. The number of carboxylic acid groups (broad SMARTS) is 1. The number of ether oxygens (including phenoxy) is 2. The number of carbonyl (C=O) groups excluding carboxylic acids is 1. The zero-order chi connectivity index (χ0) is 15.0. The van der Waals surface area contributed by atoms with Crippen LogP contribution in [0.2, 0.25) is 0 Å². The summed E-state index contributed by atoms with van der Waals surface area (Å²) in [6.45, 7) is 2.37. The maximum Gasteiger partial charge on any atom is 0.411 e. The summed E-state index contributed by atoms with van der Waals surface area (Å²) in [7, 11) is 1.29. The molecule has 20 heavy (non-hydrogen) atoms. The Labute approximate surface area is 117 Å². The van der Waals surface area contributed by atoms with Crippen LogP contribution in [-0.4, -0.2) is 30.9 Å². The fourth-order valence-corrected chi connectivity index (χ4v) is 1.75. The average Bonchev–Trinajstić information content (AvgIpc) is 2.44. The molecule has 1 atom stereocenters. The van der Waals surface area contributed by atoms with Crippen LogP contribution in [0, 0.1) is 0 Å². The zero-order valence-electron chi connectivity index (χ0n) is 11.6. The van der Waals surface area contributed by atoms with Gasteiger partial charge in [0.1, 0.15) is 0 Å². The van der Waals surface area contributed by atoms with E-state index in [1.807, 2.05) is 6.92 Å². The molecule has 6 heteroatoms. The number of anilines is 1. The summed E-state index contributed by atoms with van der Waals surface area (Å²) in [4.78, 5) is 21.7. The summed E-state index contributed by atoms with van der Waals surface area (Å²) in [6, 6.07) is 7.04. The summed E-state index contributed by atoms with van der Waals surface area (Å²) in [5, 5.41) is 11.3. The highest BCUT2D eigenvalue weighted by molar-refractivity contribution is 5.84. The van der Waals surface area contributed by atoms with Crippen molar-refractivity contribution in [2.45, 2.75) is 25.9 Å². The fourth-order valence-electron chi connectivity index (χ4n) is 1.75. The number of benzene rings is 1. The van der Waals surface area contributed by atoms with E-state index in [4.69, 9.17) is 9.84 Å². The minimum Gasteiger partial charge on any atom is -0.481 e. The smallest absolute Gasteiger partial charge is 0.411 e. The molecule has 2 N–H and O–H groups in total. The van der Waals surface area contributed by atoms with Gasteiger partial charge in [0.25, 0.3) is 0 Å². The molecule has 0 radical (unpaired) electrons. The van der Waals surface area contributed by atoms with Gasteiger partial charge in [-0.2, -0.15) is 0 Å². The molecule has 1 aromatic carbocycles. The first-order valence-electron chi connectivity index (χ1n) is 6.35. The van der Waals surface area contributed by atoms with Gasteiger partial charge < -0.3 is 14.6 Å². The molecule has 1 unspecified atom stereocenters. The van der Waals surface area contributed by atoms with Gasteiger partial charge in [-0.3, -0.25) is 10.1 Å². The third-order valence-corrected chi connectivity index (χ3v) is 2.70. The lowest BCUT2D eigenvalue weighted by Crippen LogP contribution is -2.11. The predicted octanol–water partition coefficient (Wildman–Crippen LogP) is 2.81. The second-order valence-electron chi connectivity index (χ2n) is 4.11. The Morgan fingerprint density at radius 2 is 1.95 bits per heavy atom. The number of methoxy groups -OCH3 is 1. The Bertz CT molecular complexity index is 443. The van der Waals surface area contributed by atoms with E-state index in [-0.39, 0.29) is 12.5 Å². The highest BCUT2D eigenvalue weighted by atomic mass is 16.5. The van der Waals surface area contributed by atoms with Gasteiger partial charge in [-0.25, -0.2) is 4.79 Å². The van der Waals surface area contributed by atoms with Gasteiger partial charge in [0.05, 0.1) is 13.2 Å². The first-order chi connectivity index (χ1) is 9.56. The Morgan fingerprint density at radius 3 is 2.45 bits per heavy atom. The molecule has 0 fully saturated rings. The molecule has 110 valence electrons.